The number of benzene rings is 4. The van der Waals surface area contributed by atoms with Crippen LogP contribution in [0.4, 0.5) is 11.4 Å². The lowest BCUT2D eigenvalue weighted by molar-refractivity contribution is -0.138. The highest BCUT2D eigenvalue weighted by atomic mass is 16.5. The predicted octanol–water partition coefficient (Wildman–Crippen LogP) is 5.41. The Hall–Kier alpha value is -5.57. The third kappa shape index (κ3) is 5.92. The van der Waals surface area contributed by atoms with Gasteiger partial charge in [0, 0.05) is 18.9 Å². The van der Waals surface area contributed by atoms with Crippen LogP contribution in [0.2, 0.25) is 0 Å². The summed E-state index contributed by atoms with van der Waals surface area (Å²) in [5.74, 6) is -3.10. The van der Waals surface area contributed by atoms with Crippen molar-refractivity contribution in [2.24, 2.45) is 5.41 Å². The van der Waals surface area contributed by atoms with Gasteiger partial charge < -0.3 is 9.47 Å². The molecule has 5 rings (SSSR count). The third-order valence-corrected chi connectivity index (χ3v) is 7.09. The zero-order valence-electron chi connectivity index (χ0n) is 23.3. The van der Waals surface area contributed by atoms with Crippen molar-refractivity contribution in [1.29, 1.82) is 0 Å². The second-order valence-corrected chi connectivity index (χ2v) is 9.94. The maximum atomic E-state index is 14.4. The first-order valence-corrected chi connectivity index (χ1v) is 13.6. The number of ether oxygens (including phenoxy) is 2. The van der Waals surface area contributed by atoms with Gasteiger partial charge in [0.2, 0.25) is 0 Å². The van der Waals surface area contributed by atoms with E-state index in [9.17, 15) is 24.0 Å². The van der Waals surface area contributed by atoms with Crippen molar-refractivity contribution in [3.63, 3.8) is 0 Å². The molecule has 0 atom stereocenters. The summed E-state index contributed by atoms with van der Waals surface area (Å²) in [7, 11) is 0. The van der Waals surface area contributed by atoms with Crippen molar-refractivity contribution in [3.05, 3.63) is 126 Å². The van der Waals surface area contributed by atoms with E-state index in [1.807, 2.05) is 0 Å². The number of rotatable bonds is 10. The van der Waals surface area contributed by atoms with Crippen LogP contribution in [-0.4, -0.2) is 36.1 Å². The van der Waals surface area contributed by atoms with Crippen molar-refractivity contribution in [2.45, 2.75) is 19.8 Å². The molecule has 9 heteroatoms. The van der Waals surface area contributed by atoms with E-state index in [1.165, 1.54) is 29.1 Å². The fourth-order valence-corrected chi connectivity index (χ4v) is 4.93. The van der Waals surface area contributed by atoms with Crippen molar-refractivity contribution in [1.82, 2.24) is 0 Å². The number of para-hydroxylation sites is 3. The summed E-state index contributed by atoms with van der Waals surface area (Å²) in [5, 5.41) is 2.51. The Labute approximate surface area is 248 Å². The summed E-state index contributed by atoms with van der Waals surface area (Å²) < 4.78 is 10.8. The lowest BCUT2D eigenvalue weighted by Gasteiger charge is -2.27. The van der Waals surface area contributed by atoms with Gasteiger partial charge in [0.05, 0.1) is 11.4 Å². The molecule has 0 spiro atoms. The van der Waals surface area contributed by atoms with Crippen molar-refractivity contribution < 1.29 is 33.4 Å². The van der Waals surface area contributed by atoms with Gasteiger partial charge >= 0.3 is 11.9 Å². The Bertz CT molecular complexity index is 1600. The molecule has 1 aliphatic heterocycles. The summed E-state index contributed by atoms with van der Waals surface area (Å²) in [6.45, 7) is 0.555. The number of carbonyl (C=O) groups is 5. The maximum absolute atomic E-state index is 14.4. The molecule has 1 saturated heterocycles. The summed E-state index contributed by atoms with van der Waals surface area (Å²) in [6, 6.07) is 31.8. The number of esters is 2. The van der Waals surface area contributed by atoms with E-state index in [4.69, 9.17) is 9.47 Å². The summed E-state index contributed by atoms with van der Waals surface area (Å²) in [5.41, 5.74) is -0.698. The van der Waals surface area contributed by atoms with Gasteiger partial charge in [-0.25, -0.2) is 14.8 Å². The smallest absolute Gasteiger partial charge is 0.341 e. The van der Waals surface area contributed by atoms with Crippen molar-refractivity contribution in [2.75, 3.05) is 16.6 Å². The second kappa shape index (κ2) is 12.5. The van der Waals surface area contributed by atoms with Gasteiger partial charge in [-0.2, -0.15) is 0 Å². The van der Waals surface area contributed by atoms with E-state index in [0.29, 0.717) is 16.9 Å². The van der Waals surface area contributed by atoms with Crippen LogP contribution in [0.5, 0.6) is 5.75 Å². The van der Waals surface area contributed by atoms with Crippen molar-refractivity contribution in [3.8, 4) is 5.75 Å². The molecule has 216 valence electrons. The van der Waals surface area contributed by atoms with E-state index < -0.39 is 35.8 Å². The molecule has 0 unspecified atom stereocenters. The zero-order valence-corrected chi connectivity index (χ0v) is 23.3. The summed E-state index contributed by atoms with van der Waals surface area (Å²) >= 11 is 0. The van der Waals surface area contributed by atoms with Crippen LogP contribution in [0, 0.1) is 5.41 Å². The molecular formula is C34H28N2O7. The monoisotopic (exact) mass is 576 g/mol. The Morgan fingerprint density at radius 3 is 1.70 bits per heavy atom. The fourth-order valence-electron chi connectivity index (χ4n) is 4.93. The number of nitrogens with zero attached hydrogens (tertiary/aromatic N) is 2. The predicted molar refractivity (Wildman–Crippen MR) is 158 cm³/mol. The molecular weight excluding hydrogens is 548 g/mol. The fraction of sp³-hybridized carbons (Fsp3) is 0.147. The molecule has 1 aliphatic rings. The summed E-state index contributed by atoms with van der Waals surface area (Å²) in [4.78, 5) is 66.9. The standard InChI is InChI=1S/C34H28N2O7/c1-24(37)43-30-20-12-11-19-28(30)31(39)42-23-34(22-21-29(38)25-13-5-2-6-14-25)32(40)35(26-15-7-3-8-16-26)36(33(34)41)27-17-9-4-10-18-27/h2-20H,21-23H2,1H3. The van der Waals surface area contributed by atoms with Gasteiger partial charge in [0.15, 0.2) is 11.2 Å². The number of Topliss-reactive ketones (excluding diaryl/α,β-unsaturated/α-hetero) is 1. The van der Waals surface area contributed by atoms with Crippen LogP contribution in [0.1, 0.15) is 40.5 Å². The molecule has 4 aromatic carbocycles. The molecule has 9 nitrogen and oxygen atoms in total. The molecule has 1 fully saturated rings. The molecule has 4 aromatic rings. The first-order valence-electron chi connectivity index (χ1n) is 13.6. The highest BCUT2D eigenvalue weighted by Gasteiger charge is 2.60. The second-order valence-electron chi connectivity index (χ2n) is 9.94. The first-order chi connectivity index (χ1) is 20.8. The molecule has 0 aromatic heterocycles. The molecule has 43 heavy (non-hydrogen) atoms. The molecule has 0 aliphatic carbocycles. The molecule has 0 saturated carbocycles. The Morgan fingerprint density at radius 2 is 1.16 bits per heavy atom. The third-order valence-electron chi connectivity index (χ3n) is 7.09. The molecule has 0 bridgehead atoms. The lowest BCUT2D eigenvalue weighted by atomic mass is 9.81. The van der Waals surface area contributed by atoms with Gasteiger partial charge in [0.1, 0.15) is 17.9 Å². The van der Waals surface area contributed by atoms with Crippen LogP contribution >= 0.6 is 0 Å². The average Bonchev–Trinajstić information content (AvgIpc) is 3.25. The number of amides is 2. The normalized spacial score (nSPS) is 14.0. The molecule has 2 amide bonds. The zero-order chi connectivity index (χ0) is 30.4. The summed E-state index contributed by atoms with van der Waals surface area (Å²) in [6.07, 6.45) is -0.377. The van der Waals surface area contributed by atoms with Crippen LogP contribution in [-0.2, 0) is 19.1 Å². The Kier molecular flexibility index (Phi) is 8.43. The van der Waals surface area contributed by atoms with Gasteiger partial charge in [0.25, 0.3) is 11.8 Å². The SMILES string of the molecule is CC(=O)Oc1ccccc1C(=O)OCC1(CCC(=O)c2ccccc2)C(=O)N(c2ccccc2)N(c2ccccc2)C1=O. The average molecular weight is 577 g/mol. The van der Waals surface area contributed by atoms with E-state index >= 15 is 0 Å². The first kappa shape index (κ1) is 28.9. The van der Waals surface area contributed by atoms with E-state index in [2.05, 4.69) is 0 Å². The highest BCUT2D eigenvalue weighted by molar-refractivity contribution is 6.26. The molecule has 0 N–H and O–H groups in total. The number of hydrogen-bond acceptors (Lipinski definition) is 7. The van der Waals surface area contributed by atoms with E-state index in [-0.39, 0.29) is 29.9 Å². The van der Waals surface area contributed by atoms with Gasteiger partial charge in [-0.05, 0) is 42.8 Å². The maximum Gasteiger partial charge on any atom is 0.341 e. The number of hydrogen-bond donors (Lipinski definition) is 0. The Morgan fingerprint density at radius 1 is 0.674 bits per heavy atom. The van der Waals surface area contributed by atoms with Crippen LogP contribution in [0.25, 0.3) is 0 Å². The highest BCUT2D eigenvalue weighted by Crippen LogP contribution is 2.42. The van der Waals surface area contributed by atoms with Gasteiger partial charge in [-0.1, -0.05) is 78.9 Å². The van der Waals surface area contributed by atoms with Gasteiger partial charge in [-0.3, -0.25) is 19.2 Å². The minimum Gasteiger partial charge on any atom is -0.460 e. The van der Waals surface area contributed by atoms with E-state index in [0.717, 1.165) is 0 Å². The minimum atomic E-state index is -1.93. The van der Waals surface area contributed by atoms with Crippen molar-refractivity contribution >= 4 is 40.9 Å². The van der Waals surface area contributed by atoms with Crippen LogP contribution in [0.15, 0.2) is 115 Å². The number of ketones is 1. The quantitative estimate of drug-likeness (QED) is 0.107. The number of anilines is 2. The topological polar surface area (TPSA) is 110 Å². The Balaban J connectivity index is 1.54. The molecule has 1 heterocycles. The number of carbonyl (C=O) groups excluding carboxylic acids is 5. The largest absolute Gasteiger partial charge is 0.460 e. The minimum absolute atomic E-state index is 0.0193. The number of hydrazine groups is 1. The van der Waals surface area contributed by atoms with E-state index in [1.54, 1.807) is 103 Å². The van der Waals surface area contributed by atoms with Gasteiger partial charge in [-0.15, -0.1) is 0 Å². The van der Waals surface area contributed by atoms with Crippen LogP contribution in [0.3, 0.4) is 0 Å². The van der Waals surface area contributed by atoms with Crippen LogP contribution < -0.4 is 14.8 Å². The molecule has 0 radical (unpaired) electrons. The lowest BCUT2D eigenvalue weighted by Crippen LogP contribution is -2.42.